The van der Waals surface area contributed by atoms with E-state index in [1.807, 2.05) is 28.9 Å². The summed E-state index contributed by atoms with van der Waals surface area (Å²) < 4.78 is 14.1. The zero-order valence-corrected chi connectivity index (χ0v) is 17.7. The quantitative estimate of drug-likeness (QED) is 0.624. The summed E-state index contributed by atoms with van der Waals surface area (Å²) in [6.07, 6.45) is 0. The number of carboxylic acids is 1. The van der Waals surface area contributed by atoms with Crippen molar-refractivity contribution in [1.82, 2.24) is 0 Å². The third-order valence-electron chi connectivity index (χ3n) is 5.61. The molecule has 0 saturated carbocycles. The van der Waals surface area contributed by atoms with Gasteiger partial charge >= 0.3 is 5.97 Å². The van der Waals surface area contributed by atoms with Crippen LogP contribution in [0.15, 0.2) is 66.7 Å². The molecule has 0 bridgehead atoms. The van der Waals surface area contributed by atoms with Gasteiger partial charge in [-0.3, -0.25) is 4.79 Å². The molecule has 164 valence electrons. The van der Waals surface area contributed by atoms with E-state index in [0.717, 1.165) is 5.56 Å². The summed E-state index contributed by atoms with van der Waals surface area (Å²) in [4.78, 5) is 28.4. The molecule has 6 nitrogen and oxygen atoms in total. The number of piperazine rings is 1. The Balaban J connectivity index is 1.49. The van der Waals surface area contributed by atoms with Gasteiger partial charge in [0.2, 0.25) is 0 Å². The van der Waals surface area contributed by atoms with Gasteiger partial charge in [0.25, 0.3) is 5.91 Å². The lowest BCUT2D eigenvalue weighted by Crippen LogP contribution is -2.47. The van der Waals surface area contributed by atoms with E-state index < -0.39 is 5.97 Å². The van der Waals surface area contributed by atoms with Crippen LogP contribution in [-0.2, 0) is 0 Å². The van der Waals surface area contributed by atoms with Gasteiger partial charge in [-0.2, -0.15) is 0 Å². The molecule has 1 saturated heterocycles. The van der Waals surface area contributed by atoms with Crippen molar-refractivity contribution >= 4 is 28.9 Å². The van der Waals surface area contributed by atoms with E-state index in [-0.39, 0.29) is 17.3 Å². The first kappa shape index (κ1) is 21.4. The molecule has 1 heterocycles. The third kappa shape index (κ3) is 4.56. The summed E-state index contributed by atoms with van der Waals surface area (Å²) in [6, 6.07) is 18.7. The summed E-state index contributed by atoms with van der Waals surface area (Å²) in [7, 11) is 0. The maximum absolute atomic E-state index is 14.1. The largest absolute Gasteiger partial charge is 0.478 e. The van der Waals surface area contributed by atoms with Crippen LogP contribution in [0.5, 0.6) is 0 Å². The van der Waals surface area contributed by atoms with E-state index in [0.29, 0.717) is 48.8 Å². The highest BCUT2D eigenvalue weighted by molar-refractivity contribution is 6.05. The molecule has 32 heavy (non-hydrogen) atoms. The molecule has 1 aliphatic rings. The van der Waals surface area contributed by atoms with Gasteiger partial charge in [0, 0.05) is 37.4 Å². The normalized spacial score (nSPS) is 13.7. The number of rotatable bonds is 5. The average molecular weight is 433 g/mol. The van der Waals surface area contributed by atoms with E-state index in [2.05, 4.69) is 5.32 Å². The monoisotopic (exact) mass is 433 g/mol. The minimum absolute atomic E-state index is 0.117. The number of anilines is 3. The van der Waals surface area contributed by atoms with Crippen LogP contribution in [0.4, 0.5) is 21.5 Å². The first-order chi connectivity index (χ1) is 15.4. The van der Waals surface area contributed by atoms with Crippen LogP contribution >= 0.6 is 0 Å². The second-order valence-corrected chi connectivity index (χ2v) is 7.78. The van der Waals surface area contributed by atoms with Crippen molar-refractivity contribution in [2.45, 2.75) is 6.92 Å². The third-order valence-corrected chi connectivity index (χ3v) is 5.61. The van der Waals surface area contributed by atoms with Crippen molar-refractivity contribution in [3.8, 4) is 0 Å². The van der Waals surface area contributed by atoms with E-state index in [9.17, 15) is 19.1 Å². The van der Waals surface area contributed by atoms with Crippen LogP contribution in [0.2, 0.25) is 0 Å². The van der Waals surface area contributed by atoms with Crippen molar-refractivity contribution in [2.24, 2.45) is 0 Å². The molecule has 1 fully saturated rings. The van der Waals surface area contributed by atoms with E-state index >= 15 is 0 Å². The van der Waals surface area contributed by atoms with Gasteiger partial charge in [-0.05, 0) is 49.4 Å². The number of amides is 1. The Morgan fingerprint density at radius 2 is 1.50 bits per heavy atom. The van der Waals surface area contributed by atoms with Crippen LogP contribution < -0.4 is 15.1 Å². The Labute approximate surface area is 185 Å². The SMILES string of the molecule is Cc1ccc(C(=O)Nc2ccc(N3CCN(c4ccccc4F)CC3)c(C(=O)O)c2)cc1. The Morgan fingerprint density at radius 3 is 2.12 bits per heavy atom. The highest BCUT2D eigenvalue weighted by Gasteiger charge is 2.23. The number of carbonyl (C=O) groups excluding carboxylic acids is 1. The maximum atomic E-state index is 14.1. The zero-order valence-electron chi connectivity index (χ0n) is 17.7. The molecule has 1 amide bonds. The van der Waals surface area contributed by atoms with Crippen LogP contribution in [0.1, 0.15) is 26.3 Å². The van der Waals surface area contributed by atoms with Gasteiger partial charge in [0.15, 0.2) is 0 Å². The van der Waals surface area contributed by atoms with Gasteiger partial charge in [-0.15, -0.1) is 0 Å². The van der Waals surface area contributed by atoms with Crippen LogP contribution in [0, 0.1) is 12.7 Å². The number of carbonyl (C=O) groups is 2. The van der Waals surface area contributed by atoms with E-state index in [1.54, 1.807) is 42.5 Å². The van der Waals surface area contributed by atoms with Crippen molar-refractivity contribution < 1.29 is 19.1 Å². The molecule has 3 aromatic carbocycles. The minimum atomic E-state index is -1.07. The Kier molecular flexibility index (Phi) is 6.07. The topological polar surface area (TPSA) is 72.9 Å². The summed E-state index contributed by atoms with van der Waals surface area (Å²) >= 11 is 0. The first-order valence-corrected chi connectivity index (χ1v) is 10.4. The molecule has 3 aromatic rings. The number of halogens is 1. The van der Waals surface area contributed by atoms with Gasteiger partial charge in [-0.1, -0.05) is 29.8 Å². The molecule has 0 unspecified atom stereocenters. The Bertz CT molecular complexity index is 1140. The fraction of sp³-hybridized carbons (Fsp3) is 0.200. The molecule has 0 spiro atoms. The average Bonchev–Trinajstić information content (AvgIpc) is 2.80. The van der Waals surface area contributed by atoms with Crippen LogP contribution in [0.25, 0.3) is 0 Å². The number of benzene rings is 3. The van der Waals surface area contributed by atoms with Crippen molar-refractivity contribution in [3.63, 3.8) is 0 Å². The number of carboxylic acid groups (broad SMARTS) is 1. The summed E-state index contributed by atoms with van der Waals surface area (Å²) in [5.41, 5.74) is 3.22. The molecule has 1 aliphatic heterocycles. The highest BCUT2D eigenvalue weighted by atomic mass is 19.1. The number of hydrogen-bond acceptors (Lipinski definition) is 4. The first-order valence-electron chi connectivity index (χ1n) is 10.4. The predicted octanol–water partition coefficient (Wildman–Crippen LogP) is 4.41. The fourth-order valence-electron chi connectivity index (χ4n) is 3.87. The molecule has 0 atom stereocenters. The van der Waals surface area contributed by atoms with Gasteiger partial charge in [0.1, 0.15) is 5.82 Å². The second kappa shape index (κ2) is 9.09. The van der Waals surface area contributed by atoms with Crippen molar-refractivity contribution in [1.29, 1.82) is 0 Å². The van der Waals surface area contributed by atoms with Crippen molar-refractivity contribution in [2.75, 3.05) is 41.3 Å². The second-order valence-electron chi connectivity index (χ2n) is 7.78. The van der Waals surface area contributed by atoms with Crippen LogP contribution in [-0.4, -0.2) is 43.2 Å². The molecule has 0 radical (unpaired) electrons. The highest BCUT2D eigenvalue weighted by Crippen LogP contribution is 2.28. The molecule has 7 heteroatoms. The number of nitrogens with one attached hydrogen (secondary N) is 1. The van der Waals surface area contributed by atoms with Gasteiger partial charge in [0.05, 0.1) is 16.9 Å². The number of nitrogens with zero attached hydrogens (tertiary/aromatic N) is 2. The standard InChI is InChI=1S/C25H24FN3O3/c1-17-6-8-18(9-7-17)24(30)27-19-10-11-22(20(16-19)25(31)32)28-12-14-29(15-13-28)23-5-3-2-4-21(23)26/h2-11,16H,12-15H2,1H3,(H,27,30)(H,31,32). The number of aryl methyl sites for hydroxylation is 1. The lowest BCUT2D eigenvalue weighted by Gasteiger charge is -2.38. The lowest BCUT2D eigenvalue weighted by molar-refractivity contribution is 0.0697. The van der Waals surface area contributed by atoms with E-state index in [1.165, 1.54) is 12.1 Å². The van der Waals surface area contributed by atoms with Crippen LogP contribution in [0.3, 0.4) is 0 Å². The molecular formula is C25H24FN3O3. The number of para-hydroxylation sites is 1. The molecule has 0 aliphatic carbocycles. The summed E-state index contributed by atoms with van der Waals surface area (Å²) in [5, 5.41) is 12.5. The summed E-state index contributed by atoms with van der Waals surface area (Å²) in [5.74, 6) is -1.63. The van der Waals surface area contributed by atoms with Crippen molar-refractivity contribution in [3.05, 3.63) is 89.2 Å². The minimum Gasteiger partial charge on any atom is -0.478 e. The van der Waals surface area contributed by atoms with Gasteiger partial charge in [-0.25, -0.2) is 9.18 Å². The number of aromatic carboxylic acids is 1. The Morgan fingerprint density at radius 1 is 0.875 bits per heavy atom. The smallest absolute Gasteiger partial charge is 0.337 e. The molecule has 0 aromatic heterocycles. The fourth-order valence-corrected chi connectivity index (χ4v) is 3.87. The maximum Gasteiger partial charge on any atom is 0.337 e. The molecule has 4 rings (SSSR count). The zero-order chi connectivity index (χ0) is 22.7. The summed E-state index contributed by atoms with van der Waals surface area (Å²) in [6.45, 7) is 4.21. The molecule has 2 N–H and O–H groups in total. The Hall–Kier alpha value is -3.87. The number of hydrogen-bond donors (Lipinski definition) is 2. The van der Waals surface area contributed by atoms with Gasteiger partial charge < -0.3 is 20.2 Å². The lowest BCUT2D eigenvalue weighted by atomic mass is 10.1. The molecular weight excluding hydrogens is 409 g/mol. The van der Waals surface area contributed by atoms with E-state index in [4.69, 9.17) is 0 Å². The predicted molar refractivity (Wildman–Crippen MR) is 123 cm³/mol.